The van der Waals surface area contributed by atoms with Crippen molar-refractivity contribution in [1.29, 1.82) is 0 Å². The first-order chi connectivity index (χ1) is 35.9. The number of ketones is 1. The van der Waals surface area contributed by atoms with Gasteiger partial charge in [0.25, 0.3) is 5.91 Å². The average Bonchev–Trinajstić information content (AvgIpc) is 3.99. The van der Waals surface area contributed by atoms with Crippen LogP contribution in [-0.2, 0) is 31.8 Å². The lowest BCUT2D eigenvalue weighted by atomic mass is 9.85. The van der Waals surface area contributed by atoms with E-state index in [1.54, 1.807) is 49.8 Å². The van der Waals surface area contributed by atoms with Gasteiger partial charge in [0.05, 0.1) is 51.3 Å². The predicted octanol–water partition coefficient (Wildman–Crippen LogP) is 7.59. The fourth-order valence-electron chi connectivity index (χ4n) is 9.45. The number of aromatic amines is 1. The van der Waals surface area contributed by atoms with Crippen molar-refractivity contribution >= 4 is 52.1 Å². The Bertz CT molecular complexity index is 2980. The van der Waals surface area contributed by atoms with Crippen molar-refractivity contribution in [2.75, 3.05) is 50.1 Å². The summed E-state index contributed by atoms with van der Waals surface area (Å²) >= 11 is 1.54. The number of rotatable bonds is 18. The molecule has 7 rings (SSSR count). The van der Waals surface area contributed by atoms with Gasteiger partial charge in [-0.3, -0.25) is 33.7 Å². The van der Waals surface area contributed by atoms with Crippen molar-refractivity contribution in [3.8, 4) is 21.6 Å². The van der Waals surface area contributed by atoms with E-state index >= 15 is 4.39 Å². The molecule has 0 bridgehead atoms. The van der Waals surface area contributed by atoms with Gasteiger partial charge in [-0.25, -0.2) is 9.37 Å². The quantitative estimate of drug-likeness (QED) is 0.0328. The molecule has 76 heavy (non-hydrogen) atoms. The number of H-pyrrole nitrogens is 1. The van der Waals surface area contributed by atoms with E-state index in [9.17, 15) is 47.0 Å². The summed E-state index contributed by atoms with van der Waals surface area (Å²) in [6.07, 6.45) is -5.08. The number of piperazine rings is 1. The lowest BCUT2D eigenvalue weighted by molar-refractivity contribution is -0.144. The number of alkyl halides is 3. The van der Waals surface area contributed by atoms with Crippen LogP contribution in [0.5, 0.6) is 0 Å². The maximum Gasteiger partial charge on any atom is 0.417 e. The Balaban J connectivity index is 0.914. The van der Waals surface area contributed by atoms with Crippen molar-refractivity contribution in [2.24, 2.45) is 5.41 Å². The molecule has 16 nitrogen and oxygen atoms in total. The average molecular weight is 1070 g/mol. The number of amides is 4. The Morgan fingerprint density at radius 1 is 0.921 bits per heavy atom. The highest BCUT2D eigenvalue weighted by Crippen LogP contribution is 2.37. The van der Waals surface area contributed by atoms with Gasteiger partial charge in [0, 0.05) is 87.5 Å². The van der Waals surface area contributed by atoms with Crippen LogP contribution in [0, 0.1) is 18.2 Å². The van der Waals surface area contributed by atoms with Gasteiger partial charge in [-0.1, -0.05) is 63.2 Å². The summed E-state index contributed by atoms with van der Waals surface area (Å²) in [6.45, 7) is 12.6. The fraction of sp³-hybridized carbons (Fsp3) is 0.436. The largest absolute Gasteiger partial charge is 0.417 e. The third-order valence-electron chi connectivity index (χ3n) is 13.9. The SMILES string of the molecule is Cc1ncsc1-c1ccc(CNC(=O)[C@@H]2C[C@@H](O)CN2C(=O)[C@@H](NC(=O)CCOCCCC(=O)c2ccc(-c3ccc(N4C[C@@H](C)N(C)[C@@H](C)C4)c(NC(=O)c4c[nH]c(=O)cc4C(F)(F)F)c3)c(F)c2)C(C)(C)C)cc1. The highest BCUT2D eigenvalue weighted by atomic mass is 32.1. The van der Waals surface area contributed by atoms with Crippen molar-refractivity contribution in [2.45, 2.75) is 110 Å². The molecular formula is C55H64F4N8O8S. The number of Topliss-reactive ketones (excluding diaryl/α,β-unsaturated/α-hetero) is 1. The molecule has 4 amide bonds. The van der Waals surface area contributed by atoms with E-state index in [2.05, 4.69) is 30.8 Å². The number of likely N-dealkylation sites (tertiary alicyclic amines) is 1. The summed E-state index contributed by atoms with van der Waals surface area (Å²) < 4.78 is 63.5. The van der Waals surface area contributed by atoms with Gasteiger partial charge in [-0.2, -0.15) is 13.2 Å². The molecule has 406 valence electrons. The minimum absolute atomic E-state index is 0.0149. The van der Waals surface area contributed by atoms with Crippen molar-refractivity contribution in [3.05, 3.63) is 123 Å². The summed E-state index contributed by atoms with van der Waals surface area (Å²) in [7, 11) is 1.98. The third kappa shape index (κ3) is 13.8. The standard InChI is InChI=1S/C55H64F4N8O8S/c1-31-27-66(28-32(2)65(31)7)44-17-15-36(22-43(44)63-51(72)40-26-60-48(71)24-41(40)55(57,58)59)39-16-14-37(21-42(39)56)46(69)9-8-19-75-20-18-47(70)64-50(54(4,5)6)53(74)67-29-38(68)23-45(67)52(73)61-25-34-10-12-35(13-11-34)49-33(3)62-30-76-49/h10-17,21-22,24,26,30-32,38,45,50,68H,8-9,18-20,23,25,27-29H2,1-7H3,(H,60,71)(H,61,73)(H,63,72)(H,64,70)/t31-,32+,38-,45+,50-/m1/s1. The second-order valence-electron chi connectivity index (χ2n) is 20.6. The van der Waals surface area contributed by atoms with E-state index in [0.29, 0.717) is 31.0 Å². The van der Waals surface area contributed by atoms with Gasteiger partial charge in [0.1, 0.15) is 17.9 Å². The first-order valence-electron chi connectivity index (χ1n) is 25.1. The molecule has 0 aliphatic carbocycles. The number of pyridine rings is 1. The van der Waals surface area contributed by atoms with Crippen LogP contribution in [0.1, 0.15) is 97.8 Å². The number of thiazole rings is 1. The molecule has 2 saturated heterocycles. The number of likely N-dealkylation sites (N-methyl/N-ethyl adjacent to an activating group) is 1. The van der Waals surface area contributed by atoms with Crippen LogP contribution in [-0.4, -0.2) is 124 Å². The van der Waals surface area contributed by atoms with Crippen LogP contribution in [0.3, 0.4) is 0 Å². The number of carbonyl (C=O) groups excluding carboxylic acids is 5. The molecule has 0 radical (unpaired) electrons. The van der Waals surface area contributed by atoms with E-state index in [-0.39, 0.29) is 92.2 Å². The molecule has 2 aromatic heterocycles. The molecule has 5 N–H and O–H groups in total. The van der Waals surface area contributed by atoms with Crippen LogP contribution in [0.2, 0.25) is 0 Å². The Morgan fingerprint density at radius 2 is 1.62 bits per heavy atom. The molecule has 4 heterocycles. The predicted molar refractivity (Wildman–Crippen MR) is 281 cm³/mol. The molecule has 2 fully saturated rings. The maximum absolute atomic E-state index is 15.9. The topological polar surface area (TPSA) is 206 Å². The van der Waals surface area contributed by atoms with Gasteiger partial charge in [0.15, 0.2) is 5.78 Å². The number of aliphatic hydroxyl groups is 1. The zero-order valence-electron chi connectivity index (χ0n) is 43.5. The summed E-state index contributed by atoms with van der Waals surface area (Å²) in [5.41, 5.74) is 1.60. The number of nitrogens with zero attached hydrogens (tertiary/aromatic N) is 4. The lowest BCUT2D eigenvalue weighted by Gasteiger charge is -2.44. The smallest absolute Gasteiger partial charge is 0.391 e. The number of β-amino-alcohol motifs (C(OH)–C–C–N with tert-alkyl or cyclic N) is 1. The molecule has 0 spiro atoms. The monoisotopic (exact) mass is 1070 g/mol. The second kappa shape index (κ2) is 24.0. The second-order valence-corrected chi connectivity index (χ2v) is 21.5. The summed E-state index contributed by atoms with van der Waals surface area (Å²) in [6, 6.07) is 14.9. The van der Waals surface area contributed by atoms with E-state index < -0.39 is 75.9 Å². The number of halogens is 4. The summed E-state index contributed by atoms with van der Waals surface area (Å²) in [5.74, 6) is -3.67. The third-order valence-corrected chi connectivity index (χ3v) is 14.9. The van der Waals surface area contributed by atoms with Crippen LogP contribution >= 0.6 is 11.3 Å². The number of aliphatic hydroxyl groups excluding tert-OH is 1. The molecule has 0 saturated carbocycles. The Morgan fingerprint density at radius 3 is 2.26 bits per heavy atom. The van der Waals surface area contributed by atoms with Gasteiger partial charge >= 0.3 is 6.18 Å². The summed E-state index contributed by atoms with van der Waals surface area (Å²) in [5, 5.41) is 18.9. The van der Waals surface area contributed by atoms with Crippen LogP contribution in [0.4, 0.5) is 28.9 Å². The Hall–Kier alpha value is -6.81. The molecule has 5 aromatic rings. The van der Waals surface area contributed by atoms with Crippen LogP contribution in [0.15, 0.2) is 83.2 Å². The van der Waals surface area contributed by atoms with E-state index in [4.69, 9.17) is 4.74 Å². The number of anilines is 2. The Kier molecular flexibility index (Phi) is 18.0. The first-order valence-corrected chi connectivity index (χ1v) is 26.0. The van der Waals surface area contributed by atoms with Gasteiger partial charge in [0.2, 0.25) is 23.3 Å². The number of aryl methyl sites for hydroxylation is 1. The molecule has 21 heteroatoms. The van der Waals surface area contributed by atoms with Gasteiger partial charge in [-0.15, -0.1) is 11.3 Å². The molecular weight excluding hydrogens is 1010 g/mol. The van der Waals surface area contributed by atoms with Crippen molar-refractivity contribution in [1.82, 2.24) is 30.4 Å². The van der Waals surface area contributed by atoms with Crippen LogP contribution in [0.25, 0.3) is 21.6 Å². The summed E-state index contributed by atoms with van der Waals surface area (Å²) in [4.78, 5) is 92.3. The number of hydrogen-bond donors (Lipinski definition) is 5. The number of hydrogen-bond acceptors (Lipinski definition) is 12. The van der Waals surface area contributed by atoms with E-state index in [1.807, 2.05) is 57.0 Å². The maximum atomic E-state index is 15.9. The van der Waals surface area contributed by atoms with Crippen molar-refractivity contribution in [3.63, 3.8) is 0 Å². The fourth-order valence-corrected chi connectivity index (χ4v) is 10.3. The number of carbonyl (C=O) groups is 5. The lowest BCUT2D eigenvalue weighted by Crippen LogP contribution is -2.57. The van der Waals surface area contributed by atoms with Gasteiger partial charge in [-0.05, 0) is 74.5 Å². The number of ether oxygens (including phenoxy) is 1. The first kappa shape index (κ1) is 56.9. The molecule has 2 aliphatic rings. The van der Waals surface area contributed by atoms with Crippen molar-refractivity contribution < 1.29 is 51.4 Å². The van der Waals surface area contributed by atoms with Crippen LogP contribution < -0.4 is 26.4 Å². The highest BCUT2D eigenvalue weighted by molar-refractivity contribution is 7.13. The molecule has 0 unspecified atom stereocenters. The van der Waals surface area contributed by atoms with E-state index in [1.165, 1.54) is 23.1 Å². The zero-order valence-corrected chi connectivity index (χ0v) is 44.3. The zero-order chi connectivity index (χ0) is 55.2. The molecule has 3 aromatic carbocycles. The molecule has 5 atom stereocenters. The number of nitrogens with one attached hydrogen (secondary N) is 4. The minimum Gasteiger partial charge on any atom is -0.391 e. The van der Waals surface area contributed by atoms with E-state index in [0.717, 1.165) is 27.8 Å². The normalized spacial score (nSPS) is 18.6. The minimum atomic E-state index is -5.00. The number of aromatic nitrogens is 2. The Labute approximate surface area is 442 Å². The van der Waals surface area contributed by atoms with Gasteiger partial charge < -0.3 is 40.6 Å². The number of benzene rings is 3. The molecule has 2 aliphatic heterocycles. The highest BCUT2D eigenvalue weighted by Gasteiger charge is 2.44.